The average Bonchev–Trinajstić information content (AvgIpc) is 2.71. The second-order valence-electron chi connectivity index (χ2n) is 5.63. The number of pyridine rings is 1. The molecule has 2 saturated heterocycles. The molecule has 1 N–H and O–H groups in total. The smallest absolute Gasteiger partial charge is 0.230 e. The first-order chi connectivity index (χ1) is 9.27. The lowest BCUT2D eigenvalue weighted by atomic mass is 10.0. The number of carbonyl (C=O) groups excluding carboxylic acids is 1. The molecule has 3 heterocycles. The van der Waals surface area contributed by atoms with Crippen molar-refractivity contribution in [3.63, 3.8) is 0 Å². The highest BCUT2D eigenvalue weighted by atomic mass is 16.2. The van der Waals surface area contributed by atoms with Crippen molar-refractivity contribution in [3.05, 3.63) is 30.1 Å². The molecular weight excluding hydrogens is 238 g/mol. The summed E-state index contributed by atoms with van der Waals surface area (Å²) in [7, 11) is 0. The molecule has 1 amide bonds. The van der Waals surface area contributed by atoms with E-state index in [1.165, 1.54) is 0 Å². The van der Waals surface area contributed by atoms with Gasteiger partial charge in [-0.15, -0.1) is 0 Å². The highest BCUT2D eigenvalue weighted by Gasteiger charge is 2.39. The van der Waals surface area contributed by atoms with E-state index in [0.29, 0.717) is 12.1 Å². The summed E-state index contributed by atoms with van der Waals surface area (Å²) in [4.78, 5) is 19.1. The lowest BCUT2D eigenvalue weighted by Crippen LogP contribution is -2.44. The fourth-order valence-corrected chi connectivity index (χ4v) is 3.34. The number of hydrogen-bond acceptors (Lipinski definition) is 3. The summed E-state index contributed by atoms with van der Waals surface area (Å²) in [6, 6.07) is 4.72. The number of fused-ring (bicyclic) bond motifs is 2. The van der Waals surface area contributed by atoms with E-state index >= 15 is 0 Å². The highest BCUT2D eigenvalue weighted by molar-refractivity contribution is 5.84. The first-order valence-corrected chi connectivity index (χ1v) is 7.20. The Kier molecular flexibility index (Phi) is 3.51. The molecule has 0 aliphatic carbocycles. The minimum atomic E-state index is -0.0881. The Balaban J connectivity index is 1.80. The second kappa shape index (κ2) is 5.29. The molecule has 2 fully saturated rings. The monoisotopic (exact) mass is 259 g/mol. The predicted molar refractivity (Wildman–Crippen MR) is 73.8 cm³/mol. The van der Waals surface area contributed by atoms with Gasteiger partial charge in [0.05, 0.1) is 5.92 Å². The maximum absolute atomic E-state index is 12.8. The van der Waals surface area contributed by atoms with E-state index in [0.717, 1.165) is 37.9 Å². The third-order valence-corrected chi connectivity index (χ3v) is 4.46. The van der Waals surface area contributed by atoms with Crippen molar-refractivity contribution in [1.29, 1.82) is 0 Å². The van der Waals surface area contributed by atoms with Crippen LogP contribution in [0.15, 0.2) is 24.5 Å². The SMILES string of the molecule is CC(C(=O)N1C2CCNCC1CC2)c1cccnc1. The molecular formula is C15H21N3O. The second-order valence-corrected chi connectivity index (χ2v) is 5.63. The van der Waals surface area contributed by atoms with Gasteiger partial charge in [-0.3, -0.25) is 9.78 Å². The number of nitrogens with zero attached hydrogens (tertiary/aromatic N) is 2. The number of aromatic nitrogens is 1. The van der Waals surface area contributed by atoms with Crippen molar-refractivity contribution in [2.45, 2.75) is 44.2 Å². The Morgan fingerprint density at radius 3 is 3.05 bits per heavy atom. The van der Waals surface area contributed by atoms with Crippen molar-refractivity contribution >= 4 is 5.91 Å². The van der Waals surface area contributed by atoms with Crippen LogP contribution in [0.3, 0.4) is 0 Å². The standard InChI is InChI=1S/C15H21N3O/c1-11(12-3-2-7-16-9-12)15(19)18-13-4-5-14(18)10-17-8-6-13/h2-3,7,9,11,13-14,17H,4-6,8,10H2,1H3. The van der Waals surface area contributed by atoms with E-state index in [1.807, 2.05) is 19.1 Å². The van der Waals surface area contributed by atoms with Gasteiger partial charge in [0.1, 0.15) is 0 Å². The molecule has 102 valence electrons. The van der Waals surface area contributed by atoms with Crippen LogP contribution in [-0.2, 0) is 4.79 Å². The maximum atomic E-state index is 12.8. The summed E-state index contributed by atoms with van der Waals surface area (Å²) >= 11 is 0. The Hall–Kier alpha value is -1.42. The largest absolute Gasteiger partial charge is 0.335 e. The molecule has 4 heteroatoms. The molecule has 0 aromatic carbocycles. The summed E-state index contributed by atoms with van der Waals surface area (Å²) in [5.41, 5.74) is 1.02. The van der Waals surface area contributed by atoms with Gasteiger partial charge in [0.25, 0.3) is 0 Å². The first-order valence-electron chi connectivity index (χ1n) is 7.20. The third kappa shape index (κ3) is 2.37. The molecule has 4 nitrogen and oxygen atoms in total. The lowest BCUT2D eigenvalue weighted by molar-refractivity contribution is -0.135. The average molecular weight is 259 g/mol. The number of amides is 1. The van der Waals surface area contributed by atoms with Crippen LogP contribution >= 0.6 is 0 Å². The van der Waals surface area contributed by atoms with Gasteiger partial charge < -0.3 is 10.2 Å². The Morgan fingerprint density at radius 2 is 2.26 bits per heavy atom. The summed E-state index contributed by atoms with van der Waals surface area (Å²) in [5.74, 6) is 0.180. The van der Waals surface area contributed by atoms with Gasteiger partial charge in [-0.25, -0.2) is 0 Å². The molecule has 3 unspecified atom stereocenters. The zero-order chi connectivity index (χ0) is 13.2. The van der Waals surface area contributed by atoms with Crippen molar-refractivity contribution in [2.24, 2.45) is 0 Å². The molecule has 2 aliphatic heterocycles. The van der Waals surface area contributed by atoms with Gasteiger partial charge in [-0.2, -0.15) is 0 Å². The van der Waals surface area contributed by atoms with Gasteiger partial charge >= 0.3 is 0 Å². The van der Waals surface area contributed by atoms with Crippen LogP contribution < -0.4 is 5.32 Å². The first kappa shape index (κ1) is 12.6. The van der Waals surface area contributed by atoms with Crippen LogP contribution in [0.4, 0.5) is 0 Å². The topological polar surface area (TPSA) is 45.2 Å². The van der Waals surface area contributed by atoms with Crippen molar-refractivity contribution in [3.8, 4) is 0 Å². The number of hydrogen-bond donors (Lipinski definition) is 1. The van der Waals surface area contributed by atoms with E-state index in [1.54, 1.807) is 12.4 Å². The van der Waals surface area contributed by atoms with E-state index in [4.69, 9.17) is 0 Å². The fourth-order valence-electron chi connectivity index (χ4n) is 3.34. The van der Waals surface area contributed by atoms with Crippen molar-refractivity contribution in [1.82, 2.24) is 15.2 Å². The molecule has 19 heavy (non-hydrogen) atoms. The molecule has 1 aromatic heterocycles. The zero-order valence-corrected chi connectivity index (χ0v) is 11.4. The summed E-state index contributed by atoms with van der Waals surface area (Å²) < 4.78 is 0. The summed E-state index contributed by atoms with van der Waals surface area (Å²) in [6.45, 7) is 3.98. The molecule has 3 atom stereocenters. The fraction of sp³-hybridized carbons (Fsp3) is 0.600. The predicted octanol–water partition coefficient (Wildman–Crippen LogP) is 1.54. The lowest BCUT2D eigenvalue weighted by Gasteiger charge is -2.30. The summed E-state index contributed by atoms with van der Waals surface area (Å²) in [5, 5.41) is 3.44. The van der Waals surface area contributed by atoms with E-state index in [2.05, 4.69) is 15.2 Å². The molecule has 1 aromatic rings. The molecule has 2 aliphatic rings. The minimum absolute atomic E-state index is 0.0881. The molecule has 2 bridgehead atoms. The molecule has 3 rings (SSSR count). The molecule has 0 saturated carbocycles. The molecule has 0 radical (unpaired) electrons. The van der Waals surface area contributed by atoms with Gasteiger partial charge in [0.2, 0.25) is 5.91 Å². The van der Waals surface area contributed by atoms with Crippen LogP contribution in [0.5, 0.6) is 0 Å². The van der Waals surface area contributed by atoms with Crippen LogP contribution in [0.2, 0.25) is 0 Å². The minimum Gasteiger partial charge on any atom is -0.335 e. The molecule has 0 spiro atoms. The van der Waals surface area contributed by atoms with Crippen LogP contribution in [0.25, 0.3) is 0 Å². The van der Waals surface area contributed by atoms with Gasteiger partial charge in [-0.1, -0.05) is 6.07 Å². The Labute approximate surface area is 114 Å². The van der Waals surface area contributed by atoms with Crippen LogP contribution in [-0.4, -0.2) is 41.0 Å². The van der Waals surface area contributed by atoms with Gasteiger partial charge in [-0.05, 0) is 44.4 Å². The zero-order valence-electron chi connectivity index (χ0n) is 11.4. The highest BCUT2D eigenvalue weighted by Crippen LogP contribution is 2.31. The number of carbonyl (C=O) groups is 1. The van der Waals surface area contributed by atoms with Crippen LogP contribution in [0.1, 0.15) is 37.7 Å². The number of rotatable bonds is 2. The Bertz CT molecular complexity index is 434. The Morgan fingerprint density at radius 1 is 1.42 bits per heavy atom. The van der Waals surface area contributed by atoms with Crippen molar-refractivity contribution in [2.75, 3.05) is 13.1 Å². The third-order valence-electron chi connectivity index (χ3n) is 4.46. The van der Waals surface area contributed by atoms with Crippen LogP contribution in [0, 0.1) is 0 Å². The maximum Gasteiger partial charge on any atom is 0.230 e. The quantitative estimate of drug-likeness (QED) is 0.876. The van der Waals surface area contributed by atoms with E-state index < -0.39 is 0 Å². The van der Waals surface area contributed by atoms with E-state index in [9.17, 15) is 4.79 Å². The van der Waals surface area contributed by atoms with Gasteiger partial charge in [0.15, 0.2) is 0 Å². The van der Waals surface area contributed by atoms with E-state index in [-0.39, 0.29) is 11.8 Å². The summed E-state index contributed by atoms with van der Waals surface area (Å²) in [6.07, 6.45) is 6.95. The number of nitrogens with one attached hydrogen (secondary N) is 1. The van der Waals surface area contributed by atoms with Crippen molar-refractivity contribution < 1.29 is 4.79 Å². The normalized spacial score (nSPS) is 27.9. The van der Waals surface area contributed by atoms with Gasteiger partial charge in [0, 0.05) is 31.0 Å².